The van der Waals surface area contributed by atoms with E-state index in [9.17, 15) is 4.79 Å². The van der Waals surface area contributed by atoms with Crippen LogP contribution in [0.25, 0.3) is 0 Å². The Balaban J connectivity index is 1.67. The molecule has 1 atom stereocenters. The van der Waals surface area contributed by atoms with Crippen molar-refractivity contribution >= 4 is 6.03 Å². The smallest absolute Gasteiger partial charge is 0.314 e. The van der Waals surface area contributed by atoms with E-state index in [1.165, 1.54) is 12.8 Å². The number of amides is 2. The molecule has 26 heavy (non-hydrogen) atoms. The predicted molar refractivity (Wildman–Crippen MR) is 104 cm³/mol. The third-order valence-corrected chi connectivity index (χ3v) is 5.15. The van der Waals surface area contributed by atoms with E-state index in [4.69, 9.17) is 9.47 Å². The Labute approximate surface area is 157 Å². The Hall–Kier alpha value is -1.95. The number of hydrogen-bond acceptors (Lipinski definition) is 4. The summed E-state index contributed by atoms with van der Waals surface area (Å²) in [7, 11) is 3.24. The molecule has 6 nitrogen and oxygen atoms in total. The zero-order valence-electron chi connectivity index (χ0n) is 16.5. The van der Waals surface area contributed by atoms with E-state index in [0.717, 1.165) is 31.0 Å². The number of carbonyl (C=O) groups is 1. The molecule has 0 aliphatic carbocycles. The van der Waals surface area contributed by atoms with Crippen LogP contribution in [0.5, 0.6) is 11.5 Å². The molecule has 1 unspecified atom stereocenters. The highest BCUT2D eigenvalue weighted by Crippen LogP contribution is 2.27. The fourth-order valence-electron chi connectivity index (χ4n) is 3.26. The molecule has 1 aliphatic heterocycles. The van der Waals surface area contributed by atoms with Crippen LogP contribution in [-0.4, -0.2) is 57.4 Å². The summed E-state index contributed by atoms with van der Waals surface area (Å²) < 4.78 is 10.5. The summed E-state index contributed by atoms with van der Waals surface area (Å²) in [5.41, 5.74) is 1.10. The third-order valence-electron chi connectivity index (χ3n) is 5.15. The summed E-state index contributed by atoms with van der Waals surface area (Å²) in [5.74, 6) is 2.24. The molecule has 1 aliphatic rings. The van der Waals surface area contributed by atoms with Gasteiger partial charge in [0.2, 0.25) is 0 Å². The second kappa shape index (κ2) is 10.3. The minimum Gasteiger partial charge on any atom is -0.493 e. The van der Waals surface area contributed by atoms with Gasteiger partial charge in [0, 0.05) is 19.1 Å². The zero-order chi connectivity index (χ0) is 18.9. The van der Waals surface area contributed by atoms with Gasteiger partial charge in [-0.25, -0.2) is 4.79 Å². The molecule has 0 bridgehead atoms. The van der Waals surface area contributed by atoms with Crippen molar-refractivity contribution in [3.63, 3.8) is 0 Å². The number of ether oxygens (including phenoxy) is 2. The highest BCUT2D eigenvalue weighted by Gasteiger charge is 2.20. The molecule has 1 heterocycles. The minimum atomic E-state index is -0.109. The van der Waals surface area contributed by atoms with Crippen LogP contribution in [0.2, 0.25) is 0 Å². The maximum Gasteiger partial charge on any atom is 0.314 e. The van der Waals surface area contributed by atoms with Crippen LogP contribution in [0.4, 0.5) is 4.79 Å². The molecule has 0 saturated carbocycles. The molecular weight excluding hydrogens is 330 g/mol. The fraction of sp³-hybridized carbons (Fsp3) is 0.650. The van der Waals surface area contributed by atoms with Gasteiger partial charge in [-0.05, 0) is 62.9 Å². The lowest BCUT2D eigenvalue weighted by atomic mass is 9.98. The normalized spacial score (nSPS) is 16.8. The Bertz CT molecular complexity index is 571. The van der Waals surface area contributed by atoms with Gasteiger partial charge in [0.25, 0.3) is 0 Å². The molecule has 1 aromatic carbocycles. The second-order valence-corrected chi connectivity index (χ2v) is 7.14. The van der Waals surface area contributed by atoms with Crippen molar-refractivity contribution in [2.24, 2.45) is 5.92 Å². The van der Waals surface area contributed by atoms with Crippen LogP contribution < -0.4 is 20.1 Å². The van der Waals surface area contributed by atoms with Crippen molar-refractivity contribution in [2.75, 3.05) is 40.4 Å². The maximum atomic E-state index is 12.0. The average Bonchev–Trinajstić information content (AvgIpc) is 2.66. The summed E-state index contributed by atoms with van der Waals surface area (Å²) >= 11 is 0. The molecule has 2 N–H and O–H groups in total. The lowest BCUT2D eigenvalue weighted by Crippen LogP contribution is -2.47. The minimum absolute atomic E-state index is 0.109. The lowest BCUT2D eigenvalue weighted by molar-refractivity contribution is 0.145. The van der Waals surface area contributed by atoms with Crippen molar-refractivity contribution in [2.45, 2.75) is 39.2 Å². The number of nitrogens with zero attached hydrogens (tertiary/aromatic N) is 1. The number of rotatable bonds is 8. The van der Waals surface area contributed by atoms with Gasteiger partial charge in [-0.2, -0.15) is 0 Å². The number of carbonyl (C=O) groups excluding carboxylic acids is 1. The van der Waals surface area contributed by atoms with Crippen LogP contribution in [0, 0.1) is 5.92 Å². The van der Waals surface area contributed by atoms with Gasteiger partial charge >= 0.3 is 6.03 Å². The SMILES string of the molecule is COc1ccc(CCNC(=O)NCC(C)N2CCC(C)CC2)cc1OC. The van der Waals surface area contributed by atoms with E-state index < -0.39 is 0 Å². The standard InChI is InChI=1S/C20H33N3O3/c1-15-8-11-23(12-9-15)16(2)14-22-20(24)21-10-7-17-5-6-18(25-3)19(13-17)26-4/h5-6,13,15-16H,7-12,14H2,1-4H3,(H2,21,22,24). The molecule has 0 spiro atoms. The zero-order valence-corrected chi connectivity index (χ0v) is 16.5. The second-order valence-electron chi connectivity index (χ2n) is 7.14. The molecule has 0 radical (unpaired) electrons. The molecule has 6 heteroatoms. The van der Waals surface area contributed by atoms with Gasteiger partial charge in [-0.15, -0.1) is 0 Å². The van der Waals surface area contributed by atoms with Gasteiger partial charge in [0.15, 0.2) is 11.5 Å². The Morgan fingerprint density at radius 1 is 1.19 bits per heavy atom. The van der Waals surface area contributed by atoms with Crippen LogP contribution in [0.3, 0.4) is 0 Å². The van der Waals surface area contributed by atoms with Gasteiger partial charge < -0.3 is 20.1 Å². The molecule has 1 fully saturated rings. The summed E-state index contributed by atoms with van der Waals surface area (Å²) in [6.07, 6.45) is 3.25. The topological polar surface area (TPSA) is 62.8 Å². The van der Waals surface area contributed by atoms with E-state index in [0.29, 0.717) is 30.6 Å². The van der Waals surface area contributed by atoms with E-state index in [1.807, 2.05) is 18.2 Å². The van der Waals surface area contributed by atoms with E-state index >= 15 is 0 Å². The first-order valence-electron chi connectivity index (χ1n) is 9.50. The molecule has 146 valence electrons. The van der Waals surface area contributed by atoms with Crippen molar-refractivity contribution in [3.8, 4) is 11.5 Å². The Morgan fingerprint density at radius 2 is 1.88 bits per heavy atom. The van der Waals surface area contributed by atoms with E-state index in [2.05, 4.69) is 29.4 Å². The molecule has 2 amide bonds. The number of piperidine rings is 1. The van der Waals surface area contributed by atoms with Crippen LogP contribution >= 0.6 is 0 Å². The first-order valence-corrected chi connectivity index (χ1v) is 9.50. The Kier molecular flexibility index (Phi) is 8.04. The van der Waals surface area contributed by atoms with Crippen LogP contribution in [0.1, 0.15) is 32.3 Å². The summed E-state index contributed by atoms with van der Waals surface area (Å²) in [6, 6.07) is 6.08. The highest BCUT2D eigenvalue weighted by molar-refractivity contribution is 5.73. The largest absolute Gasteiger partial charge is 0.493 e. The maximum absolute atomic E-state index is 12.0. The lowest BCUT2D eigenvalue weighted by Gasteiger charge is -2.34. The van der Waals surface area contributed by atoms with Crippen molar-refractivity contribution in [1.29, 1.82) is 0 Å². The summed E-state index contributed by atoms with van der Waals surface area (Å²) in [4.78, 5) is 14.5. The summed E-state index contributed by atoms with van der Waals surface area (Å²) in [6.45, 7) is 8.01. The molecule has 1 saturated heterocycles. The average molecular weight is 364 g/mol. The summed E-state index contributed by atoms with van der Waals surface area (Å²) in [5, 5.41) is 5.90. The monoisotopic (exact) mass is 363 g/mol. The van der Waals surface area contributed by atoms with E-state index in [-0.39, 0.29) is 6.03 Å². The first kappa shape index (κ1) is 20.4. The molecule has 0 aromatic heterocycles. The van der Waals surface area contributed by atoms with Gasteiger partial charge in [0.1, 0.15) is 0 Å². The molecule has 1 aromatic rings. The molecule has 2 rings (SSSR count). The van der Waals surface area contributed by atoms with Gasteiger partial charge in [-0.1, -0.05) is 13.0 Å². The van der Waals surface area contributed by atoms with Crippen molar-refractivity contribution in [1.82, 2.24) is 15.5 Å². The van der Waals surface area contributed by atoms with Crippen molar-refractivity contribution < 1.29 is 14.3 Å². The van der Waals surface area contributed by atoms with Crippen LogP contribution in [-0.2, 0) is 6.42 Å². The number of nitrogens with one attached hydrogen (secondary N) is 2. The van der Waals surface area contributed by atoms with Gasteiger partial charge in [-0.3, -0.25) is 4.90 Å². The number of hydrogen-bond donors (Lipinski definition) is 2. The number of benzene rings is 1. The van der Waals surface area contributed by atoms with Crippen LogP contribution in [0.15, 0.2) is 18.2 Å². The predicted octanol–water partition coefficient (Wildman–Crippen LogP) is 2.67. The Morgan fingerprint density at radius 3 is 2.54 bits per heavy atom. The van der Waals surface area contributed by atoms with Crippen molar-refractivity contribution in [3.05, 3.63) is 23.8 Å². The number of urea groups is 1. The third kappa shape index (κ3) is 6.09. The quantitative estimate of drug-likeness (QED) is 0.745. The number of methoxy groups -OCH3 is 2. The molecular formula is C20H33N3O3. The van der Waals surface area contributed by atoms with E-state index in [1.54, 1.807) is 14.2 Å². The highest BCUT2D eigenvalue weighted by atomic mass is 16.5. The fourth-order valence-corrected chi connectivity index (χ4v) is 3.26. The van der Waals surface area contributed by atoms with Gasteiger partial charge in [0.05, 0.1) is 14.2 Å². The first-order chi connectivity index (χ1) is 12.5. The number of likely N-dealkylation sites (tertiary alicyclic amines) is 1.